The molecule has 0 radical (unpaired) electrons. The zero-order valence-corrected chi connectivity index (χ0v) is 11.5. The Balaban J connectivity index is 2.50. The fourth-order valence-corrected chi connectivity index (χ4v) is 1.97. The van der Waals surface area contributed by atoms with Crippen molar-refractivity contribution in [2.45, 2.75) is 20.3 Å². The van der Waals surface area contributed by atoms with E-state index in [1.165, 1.54) is 0 Å². The summed E-state index contributed by atoms with van der Waals surface area (Å²) in [7, 11) is 1.89. The van der Waals surface area contributed by atoms with Gasteiger partial charge in [0.25, 0.3) is 0 Å². The summed E-state index contributed by atoms with van der Waals surface area (Å²) >= 11 is 6.03. The van der Waals surface area contributed by atoms with Gasteiger partial charge in [-0.05, 0) is 25.1 Å². The van der Waals surface area contributed by atoms with Crippen molar-refractivity contribution < 1.29 is 4.74 Å². The quantitative estimate of drug-likeness (QED) is 0.853. The molecule has 1 aromatic carbocycles. The molecule has 0 spiro atoms. The van der Waals surface area contributed by atoms with E-state index in [9.17, 15) is 0 Å². The van der Waals surface area contributed by atoms with Gasteiger partial charge in [0.15, 0.2) is 5.82 Å². The third-order valence-electron chi connectivity index (χ3n) is 2.65. The van der Waals surface area contributed by atoms with Gasteiger partial charge in [-0.1, -0.05) is 18.5 Å². The summed E-state index contributed by atoms with van der Waals surface area (Å²) in [6, 6.07) is 5.49. The van der Waals surface area contributed by atoms with Crippen molar-refractivity contribution in [2.75, 3.05) is 6.61 Å². The molecule has 0 saturated heterocycles. The highest BCUT2D eigenvalue weighted by atomic mass is 35.5. The molecule has 0 fully saturated rings. The number of nitrogens with zero attached hydrogens (tertiary/aromatic N) is 3. The van der Waals surface area contributed by atoms with Gasteiger partial charge in [0.1, 0.15) is 11.6 Å². The zero-order valence-electron chi connectivity index (χ0n) is 10.8. The second kappa shape index (κ2) is 5.40. The Morgan fingerprint density at radius 2 is 2.11 bits per heavy atom. The van der Waals surface area contributed by atoms with E-state index >= 15 is 0 Å². The van der Waals surface area contributed by atoms with Crippen molar-refractivity contribution in [1.82, 2.24) is 14.8 Å². The van der Waals surface area contributed by atoms with Crippen LogP contribution in [-0.2, 0) is 13.5 Å². The van der Waals surface area contributed by atoms with Crippen LogP contribution in [0.5, 0.6) is 5.75 Å². The number of ether oxygens (including phenoxy) is 1. The SMILES string of the molecule is CCOc1ccc(Cl)cc1-c1nc(CC)n(C)n1. The first-order valence-electron chi connectivity index (χ1n) is 5.98. The average molecular weight is 266 g/mol. The Morgan fingerprint density at radius 3 is 2.72 bits per heavy atom. The Morgan fingerprint density at radius 1 is 1.33 bits per heavy atom. The van der Waals surface area contributed by atoms with Crippen molar-refractivity contribution in [3.8, 4) is 17.1 Å². The molecule has 0 aliphatic heterocycles. The van der Waals surface area contributed by atoms with Crippen LogP contribution in [0.25, 0.3) is 11.4 Å². The molecular weight excluding hydrogens is 250 g/mol. The molecule has 18 heavy (non-hydrogen) atoms. The normalized spacial score (nSPS) is 10.7. The van der Waals surface area contributed by atoms with Gasteiger partial charge in [0.05, 0.1) is 12.2 Å². The van der Waals surface area contributed by atoms with Gasteiger partial charge in [-0.15, -0.1) is 0 Å². The Hall–Kier alpha value is -1.55. The Kier molecular flexibility index (Phi) is 3.87. The van der Waals surface area contributed by atoms with Crippen LogP contribution in [-0.4, -0.2) is 21.4 Å². The largest absolute Gasteiger partial charge is 0.493 e. The van der Waals surface area contributed by atoms with E-state index in [4.69, 9.17) is 16.3 Å². The first kappa shape index (κ1) is 12.9. The van der Waals surface area contributed by atoms with Gasteiger partial charge in [-0.2, -0.15) is 5.10 Å². The topological polar surface area (TPSA) is 39.9 Å². The summed E-state index contributed by atoms with van der Waals surface area (Å²) in [6.45, 7) is 4.60. The molecular formula is C13H16ClN3O. The van der Waals surface area contributed by atoms with Crippen LogP contribution in [0.3, 0.4) is 0 Å². The van der Waals surface area contributed by atoms with Gasteiger partial charge in [0.2, 0.25) is 0 Å². The molecule has 96 valence electrons. The number of benzene rings is 1. The third-order valence-corrected chi connectivity index (χ3v) is 2.89. The van der Waals surface area contributed by atoms with Gasteiger partial charge in [-0.25, -0.2) is 4.98 Å². The van der Waals surface area contributed by atoms with Crippen molar-refractivity contribution in [3.05, 3.63) is 29.0 Å². The average Bonchev–Trinajstić information content (AvgIpc) is 2.73. The monoisotopic (exact) mass is 265 g/mol. The molecule has 0 bridgehead atoms. The molecule has 1 heterocycles. The van der Waals surface area contributed by atoms with E-state index in [0.29, 0.717) is 17.5 Å². The van der Waals surface area contributed by atoms with Crippen LogP contribution in [0.2, 0.25) is 5.02 Å². The highest BCUT2D eigenvalue weighted by molar-refractivity contribution is 6.30. The van der Waals surface area contributed by atoms with E-state index in [1.54, 1.807) is 10.7 Å². The lowest BCUT2D eigenvalue weighted by molar-refractivity contribution is 0.341. The predicted octanol–water partition coefficient (Wildman–Crippen LogP) is 3.10. The fourth-order valence-electron chi connectivity index (χ4n) is 1.80. The summed E-state index contributed by atoms with van der Waals surface area (Å²) in [5.41, 5.74) is 0.833. The lowest BCUT2D eigenvalue weighted by Gasteiger charge is -2.07. The highest BCUT2D eigenvalue weighted by Gasteiger charge is 2.13. The number of halogens is 1. The number of rotatable bonds is 4. The van der Waals surface area contributed by atoms with Gasteiger partial charge >= 0.3 is 0 Å². The van der Waals surface area contributed by atoms with Crippen molar-refractivity contribution >= 4 is 11.6 Å². The number of aromatic nitrogens is 3. The molecule has 0 atom stereocenters. The fraction of sp³-hybridized carbons (Fsp3) is 0.385. The van der Waals surface area contributed by atoms with Crippen LogP contribution in [0.1, 0.15) is 19.7 Å². The van der Waals surface area contributed by atoms with Crippen LogP contribution in [0, 0.1) is 0 Å². The molecule has 1 aromatic heterocycles. The lowest BCUT2D eigenvalue weighted by atomic mass is 10.2. The van der Waals surface area contributed by atoms with E-state index in [-0.39, 0.29) is 0 Å². The van der Waals surface area contributed by atoms with E-state index in [1.807, 2.05) is 26.1 Å². The Bertz CT molecular complexity index is 551. The Labute approximate surface area is 112 Å². The first-order valence-corrected chi connectivity index (χ1v) is 6.36. The molecule has 0 aliphatic rings. The highest BCUT2D eigenvalue weighted by Crippen LogP contribution is 2.30. The van der Waals surface area contributed by atoms with Crippen LogP contribution in [0.4, 0.5) is 0 Å². The van der Waals surface area contributed by atoms with Gasteiger partial charge in [-0.3, -0.25) is 4.68 Å². The second-order valence-electron chi connectivity index (χ2n) is 3.90. The van der Waals surface area contributed by atoms with Crippen LogP contribution < -0.4 is 4.74 Å². The predicted molar refractivity (Wildman–Crippen MR) is 72.0 cm³/mol. The molecule has 0 unspecified atom stereocenters. The van der Waals surface area contributed by atoms with Crippen molar-refractivity contribution in [3.63, 3.8) is 0 Å². The van der Waals surface area contributed by atoms with E-state index in [2.05, 4.69) is 17.0 Å². The van der Waals surface area contributed by atoms with E-state index < -0.39 is 0 Å². The minimum Gasteiger partial charge on any atom is -0.493 e. The molecule has 5 heteroatoms. The maximum Gasteiger partial charge on any atom is 0.185 e. The van der Waals surface area contributed by atoms with Crippen molar-refractivity contribution in [2.24, 2.45) is 7.05 Å². The molecule has 2 aromatic rings. The lowest BCUT2D eigenvalue weighted by Crippen LogP contribution is -1.97. The van der Waals surface area contributed by atoms with Crippen LogP contribution >= 0.6 is 11.6 Å². The first-order chi connectivity index (χ1) is 8.65. The molecule has 4 nitrogen and oxygen atoms in total. The molecule has 0 amide bonds. The standard InChI is InChI=1S/C13H16ClN3O/c1-4-12-15-13(16-17(12)3)10-8-9(14)6-7-11(10)18-5-2/h6-8H,4-5H2,1-3H3. The number of hydrogen-bond donors (Lipinski definition) is 0. The van der Waals surface area contributed by atoms with Crippen molar-refractivity contribution in [1.29, 1.82) is 0 Å². The summed E-state index contributed by atoms with van der Waals surface area (Å²) in [6.07, 6.45) is 0.841. The minimum atomic E-state index is 0.599. The maximum absolute atomic E-state index is 6.03. The summed E-state index contributed by atoms with van der Waals surface area (Å²) in [5.74, 6) is 2.35. The molecule has 2 rings (SSSR count). The van der Waals surface area contributed by atoms with Gasteiger partial charge in [0, 0.05) is 18.5 Å². The number of hydrogen-bond acceptors (Lipinski definition) is 3. The minimum absolute atomic E-state index is 0.599. The maximum atomic E-state index is 6.03. The summed E-state index contributed by atoms with van der Waals surface area (Å²) < 4.78 is 7.36. The van der Waals surface area contributed by atoms with E-state index in [0.717, 1.165) is 23.6 Å². The third kappa shape index (κ3) is 2.48. The summed E-state index contributed by atoms with van der Waals surface area (Å²) in [4.78, 5) is 4.50. The molecule has 0 saturated carbocycles. The van der Waals surface area contributed by atoms with Crippen LogP contribution in [0.15, 0.2) is 18.2 Å². The molecule has 0 N–H and O–H groups in total. The zero-order chi connectivity index (χ0) is 13.1. The molecule has 0 aliphatic carbocycles. The number of aryl methyl sites for hydroxylation is 2. The smallest absolute Gasteiger partial charge is 0.185 e. The summed E-state index contributed by atoms with van der Waals surface area (Å²) in [5, 5.41) is 5.05. The second-order valence-corrected chi connectivity index (χ2v) is 4.34. The van der Waals surface area contributed by atoms with Gasteiger partial charge < -0.3 is 4.74 Å².